The van der Waals surface area contributed by atoms with Crippen LogP contribution in [-0.4, -0.2) is 0 Å². The molecule has 0 radical (unpaired) electrons. The summed E-state index contributed by atoms with van der Waals surface area (Å²) in [7, 11) is 0. The molecular formula is C13H16BrN. The molecule has 80 valence electrons. The number of anilines is 1. The number of nitrogen functional groups attached to an aromatic ring is 1. The SMILES string of the molecule is CCCCCC#Cc1cc(N)ccc1Br. The van der Waals surface area contributed by atoms with Crippen molar-refractivity contribution in [3.05, 3.63) is 28.2 Å². The maximum absolute atomic E-state index is 5.69. The third kappa shape index (κ3) is 4.40. The van der Waals surface area contributed by atoms with Crippen molar-refractivity contribution in [3.8, 4) is 11.8 Å². The highest BCUT2D eigenvalue weighted by molar-refractivity contribution is 9.10. The molecule has 0 spiro atoms. The van der Waals surface area contributed by atoms with E-state index in [4.69, 9.17) is 5.73 Å². The highest BCUT2D eigenvalue weighted by Gasteiger charge is 1.95. The molecule has 0 bridgehead atoms. The molecule has 0 unspecified atom stereocenters. The monoisotopic (exact) mass is 265 g/mol. The predicted molar refractivity (Wildman–Crippen MR) is 69.6 cm³/mol. The van der Waals surface area contributed by atoms with Gasteiger partial charge in [0.15, 0.2) is 0 Å². The van der Waals surface area contributed by atoms with E-state index in [1.165, 1.54) is 19.3 Å². The molecule has 15 heavy (non-hydrogen) atoms. The lowest BCUT2D eigenvalue weighted by Gasteiger charge is -1.97. The molecule has 0 aliphatic rings. The van der Waals surface area contributed by atoms with Crippen molar-refractivity contribution in [2.24, 2.45) is 0 Å². The lowest BCUT2D eigenvalue weighted by Crippen LogP contribution is -1.86. The molecule has 1 aromatic carbocycles. The van der Waals surface area contributed by atoms with Gasteiger partial charge < -0.3 is 5.73 Å². The maximum Gasteiger partial charge on any atom is 0.0407 e. The van der Waals surface area contributed by atoms with E-state index in [1.54, 1.807) is 0 Å². The summed E-state index contributed by atoms with van der Waals surface area (Å²) in [6.07, 6.45) is 4.65. The summed E-state index contributed by atoms with van der Waals surface area (Å²) < 4.78 is 1.01. The van der Waals surface area contributed by atoms with E-state index in [-0.39, 0.29) is 0 Å². The number of hydrogen-bond acceptors (Lipinski definition) is 1. The Labute approximate surface area is 100 Å². The van der Waals surface area contributed by atoms with Crippen LogP contribution in [0.1, 0.15) is 38.2 Å². The predicted octanol–water partition coefficient (Wildman–Crippen LogP) is 3.96. The summed E-state index contributed by atoms with van der Waals surface area (Å²) in [4.78, 5) is 0. The highest BCUT2D eigenvalue weighted by atomic mass is 79.9. The van der Waals surface area contributed by atoms with Crippen molar-refractivity contribution in [2.45, 2.75) is 32.6 Å². The second kappa shape index (κ2) is 6.53. The van der Waals surface area contributed by atoms with Gasteiger partial charge in [-0.1, -0.05) is 31.6 Å². The van der Waals surface area contributed by atoms with Gasteiger partial charge in [0.2, 0.25) is 0 Å². The first-order valence-electron chi connectivity index (χ1n) is 5.28. The van der Waals surface area contributed by atoms with Crippen molar-refractivity contribution < 1.29 is 0 Å². The van der Waals surface area contributed by atoms with Crippen LogP contribution in [0.2, 0.25) is 0 Å². The Balaban J connectivity index is 2.59. The lowest BCUT2D eigenvalue weighted by atomic mass is 10.1. The molecule has 2 heteroatoms. The molecule has 0 saturated heterocycles. The second-order valence-corrected chi connectivity index (χ2v) is 4.35. The van der Waals surface area contributed by atoms with Crippen molar-refractivity contribution in [3.63, 3.8) is 0 Å². The summed E-state index contributed by atoms with van der Waals surface area (Å²) in [6.45, 7) is 2.20. The highest BCUT2D eigenvalue weighted by Crippen LogP contribution is 2.18. The summed E-state index contributed by atoms with van der Waals surface area (Å²) in [5, 5.41) is 0. The minimum atomic E-state index is 0.760. The summed E-state index contributed by atoms with van der Waals surface area (Å²) in [5.74, 6) is 6.30. The zero-order valence-corrected chi connectivity index (χ0v) is 10.6. The number of rotatable bonds is 3. The van der Waals surface area contributed by atoms with Gasteiger partial charge in [0.05, 0.1) is 0 Å². The normalized spacial score (nSPS) is 9.47. The van der Waals surface area contributed by atoms with Crippen LogP contribution in [-0.2, 0) is 0 Å². The Bertz CT molecular complexity index is 374. The number of unbranched alkanes of at least 4 members (excludes halogenated alkanes) is 3. The van der Waals surface area contributed by atoms with Gasteiger partial charge in [-0.15, -0.1) is 0 Å². The van der Waals surface area contributed by atoms with Gasteiger partial charge in [-0.2, -0.15) is 0 Å². The smallest absolute Gasteiger partial charge is 0.0407 e. The lowest BCUT2D eigenvalue weighted by molar-refractivity contribution is 0.737. The van der Waals surface area contributed by atoms with Gasteiger partial charge in [0, 0.05) is 22.1 Å². The molecule has 1 nitrogen and oxygen atoms in total. The average molecular weight is 266 g/mol. The third-order valence-electron chi connectivity index (χ3n) is 2.12. The Morgan fingerprint density at radius 2 is 2.13 bits per heavy atom. The summed E-state index contributed by atoms with van der Waals surface area (Å²) >= 11 is 3.46. The average Bonchev–Trinajstić information content (AvgIpc) is 2.23. The molecule has 0 fully saturated rings. The zero-order valence-electron chi connectivity index (χ0n) is 9.02. The largest absolute Gasteiger partial charge is 0.399 e. The van der Waals surface area contributed by atoms with Crippen LogP contribution in [0.15, 0.2) is 22.7 Å². The molecule has 0 heterocycles. The van der Waals surface area contributed by atoms with E-state index in [1.807, 2.05) is 18.2 Å². The Hall–Kier alpha value is -0.940. The first kappa shape index (κ1) is 12.1. The van der Waals surface area contributed by atoms with E-state index in [2.05, 4.69) is 34.7 Å². The summed E-state index contributed by atoms with van der Waals surface area (Å²) in [6, 6.07) is 5.70. The van der Waals surface area contributed by atoms with Crippen LogP contribution >= 0.6 is 15.9 Å². The standard InChI is InChI=1S/C13H16BrN/c1-2-3-4-5-6-7-11-10-12(15)8-9-13(11)14/h8-10H,2-5,15H2,1H3. The second-order valence-electron chi connectivity index (χ2n) is 3.50. The topological polar surface area (TPSA) is 26.0 Å². The first-order chi connectivity index (χ1) is 7.24. The van der Waals surface area contributed by atoms with Gasteiger partial charge in [-0.05, 0) is 40.5 Å². The van der Waals surface area contributed by atoms with E-state index in [0.29, 0.717) is 0 Å². The fraction of sp³-hybridized carbons (Fsp3) is 0.385. The third-order valence-corrected chi connectivity index (χ3v) is 2.81. The van der Waals surface area contributed by atoms with E-state index in [9.17, 15) is 0 Å². The van der Waals surface area contributed by atoms with Gasteiger partial charge >= 0.3 is 0 Å². The van der Waals surface area contributed by atoms with Crippen LogP contribution in [0.25, 0.3) is 0 Å². The van der Waals surface area contributed by atoms with Crippen LogP contribution < -0.4 is 5.73 Å². The van der Waals surface area contributed by atoms with Crippen LogP contribution in [0.5, 0.6) is 0 Å². The Kier molecular flexibility index (Phi) is 5.28. The van der Waals surface area contributed by atoms with E-state index in [0.717, 1.165) is 22.1 Å². The minimum absolute atomic E-state index is 0.760. The molecule has 2 N–H and O–H groups in total. The van der Waals surface area contributed by atoms with Crippen molar-refractivity contribution in [1.82, 2.24) is 0 Å². The Morgan fingerprint density at radius 1 is 1.33 bits per heavy atom. The van der Waals surface area contributed by atoms with E-state index < -0.39 is 0 Å². The first-order valence-corrected chi connectivity index (χ1v) is 6.07. The fourth-order valence-electron chi connectivity index (χ4n) is 1.26. The van der Waals surface area contributed by atoms with Gasteiger partial charge in [0.25, 0.3) is 0 Å². The van der Waals surface area contributed by atoms with Gasteiger partial charge in [0.1, 0.15) is 0 Å². The molecule has 0 aromatic heterocycles. The number of halogens is 1. The van der Waals surface area contributed by atoms with Crippen molar-refractivity contribution in [1.29, 1.82) is 0 Å². The van der Waals surface area contributed by atoms with E-state index >= 15 is 0 Å². The molecule has 0 atom stereocenters. The van der Waals surface area contributed by atoms with Crippen LogP contribution in [0.3, 0.4) is 0 Å². The van der Waals surface area contributed by atoms with Crippen molar-refractivity contribution >= 4 is 21.6 Å². The quantitative estimate of drug-likeness (QED) is 0.500. The molecule has 0 saturated carbocycles. The van der Waals surface area contributed by atoms with Crippen molar-refractivity contribution in [2.75, 3.05) is 5.73 Å². The van der Waals surface area contributed by atoms with Gasteiger partial charge in [-0.3, -0.25) is 0 Å². The number of hydrogen-bond donors (Lipinski definition) is 1. The fourth-order valence-corrected chi connectivity index (χ4v) is 1.61. The van der Waals surface area contributed by atoms with Crippen LogP contribution in [0, 0.1) is 11.8 Å². The minimum Gasteiger partial charge on any atom is -0.399 e. The van der Waals surface area contributed by atoms with Crippen LogP contribution in [0.4, 0.5) is 5.69 Å². The zero-order chi connectivity index (χ0) is 11.1. The molecule has 1 rings (SSSR count). The number of benzene rings is 1. The number of nitrogens with two attached hydrogens (primary N) is 1. The molecule has 1 aromatic rings. The Morgan fingerprint density at radius 3 is 2.87 bits per heavy atom. The molecular weight excluding hydrogens is 250 g/mol. The maximum atomic E-state index is 5.69. The summed E-state index contributed by atoms with van der Waals surface area (Å²) in [5.41, 5.74) is 7.43. The molecule has 0 aliphatic heterocycles. The molecule has 0 amide bonds. The van der Waals surface area contributed by atoms with Gasteiger partial charge in [-0.25, -0.2) is 0 Å². The molecule has 0 aliphatic carbocycles.